The SMILES string of the molecule is CC(C)CNC(=O)[C@@H](Cc1ccccc1)N(Cc1ccccc1Cl)C(=O)CCCN(c1ccc2c(c1)OCCO2)S(C)(=O)=O. The van der Waals surface area contributed by atoms with Crippen LogP contribution in [-0.2, 0) is 32.6 Å². The van der Waals surface area contributed by atoms with Gasteiger partial charge < -0.3 is 19.7 Å². The second-order valence-corrected chi connectivity index (χ2v) is 13.5. The van der Waals surface area contributed by atoms with Crippen molar-refractivity contribution in [3.05, 3.63) is 88.9 Å². The number of nitrogens with zero attached hydrogens (tertiary/aromatic N) is 2. The van der Waals surface area contributed by atoms with Crippen molar-refractivity contribution in [2.75, 3.05) is 36.9 Å². The van der Waals surface area contributed by atoms with Crippen molar-refractivity contribution in [3.63, 3.8) is 0 Å². The summed E-state index contributed by atoms with van der Waals surface area (Å²) in [5.41, 5.74) is 2.05. The monoisotopic (exact) mass is 641 g/mol. The summed E-state index contributed by atoms with van der Waals surface area (Å²) in [6.07, 6.45) is 1.69. The molecule has 0 saturated carbocycles. The Labute approximate surface area is 265 Å². The molecule has 44 heavy (non-hydrogen) atoms. The molecule has 1 atom stereocenters. The summed E-state index contributed by atoms with van der Waals surface area (Å²) in [6, 6.07) is 21.0. The fourth-order valence-electron chi connectivity index (χ4n) is 4.98. The highest BCUT2D eigenvalue weighted by Gasteiger charge is 2.31. The van der Waals surface area contributed by atoms with E-state index in [1.54, 1.807) is 29.2 Å². The summed E-state index contributed by atoms with van der Waals surface area (Å²) in [5.74, 6) is 0.726. The van der Waals surface area contributed by atoms with E-state index in [4.69, 9.17) is 21.1 Å². The van der Waals surface area contributed by atoms with Crippen LogP contribution in [0, 0.1) is 5.92 Å². The molecule has 3 aromatic carbocycles. The lowest BCUT2D eigenvalue weighted by Crippen LogP contribution is -2.51. The largest absolute Gasteiger partial charge is 0.486 e. The van der Waals surface area contributed by atoms with Gasteiger partial charge in [0.25, 0.3) is 0 Å². The van der Waals surface area contributed by atoms with Gasteiger partial charge in [-0.15, -0.1) is 0 Å². The Hall–Kier alpha value is -3.76. The third-order valence-corrected chi connectivity index (χ3v) is 8.78. The lowest BCUT2D eigenvalue weighted by Gasteiger charge is -2.32. The molecule has 1 N–H and O–H groups in total. The molecule has 236 valence electrons. The number of fused-ring (bicyclic) bond motifs is 1. The first kappa shape index (κ1) is 33.1. The molecule has 0 fully saturated rings. The van der Waals surface area contributed by atoms with Gasteiger partial charge in [-0.25, -0.2) is 8.42 Å². The maximum Gasteiger partial charge on any atom is 0.243 e. The van der Waals surface area contributed by atoms with Crippen LogP contribution in [0.4, 0.5) is 5.69 Å². The zero-order valence-electron chi connectivity index (χ0n) is 25.4. The van der Waals surface area contributed by atoms with Crippen LogP contribution in [0.2, 0.25) is 5.02 Å². The van der Waals surface area contributed by atoms with Crippen LogP contribution >= 0.6 is 11.6 Å². The number of hydrogen-bond acceptors (Lipinski definition) is 6. The van der Waals surface area contributed by atoms with Crippen LogP contribution in [0.25, 0.3) is 0 Å². The van der Waals surface area contributed by atoms with E-state index in [0.717, 1.165) is 11.8 Å². The van der Waals surface area contributed by atoms with Crippen molar-refractivity contribution >= 4 is 39.1 Å². The molecule has 11 heteroatoms. The molecule has 9 nitrogen and oxygen atoms in total. The molecule has 0 saturated heterocycles. The number of sulfonamides is 1. The zero-order chi connectivity index (χ0) is 31.7. The minimum Gasteiger partial charge on any atom is -0.486 e. The van der Waals surface area contributed by atoms with Gasteiger partial charge in [-0.05, 0) is 41.7 Å². The molecule has 0 radical (unpaired) electrons. The van der Waals surface area contributed by atoms with Gasteiger partial charge in [0.15, 0.2) is 11.5 Å². The zero-order valence-corrected chi connectivity index (χ0v) is 26.9. The number of benzene rings is 3. The van der Waals surface area contributed by atoms with Crippen molar-refractivity contribution < 1.29 is 27.5 Å². The quantitative estimate of drug-likeness (QED) is 0.264. The van der Waals surface area contributed by atoms with E-state index in [2.05, 4.69) is 5.32 Å². The average molecular weight is 642 g/mol. The van der Waals surface area contributed by atoms with Gasteiger partial charge >= 0.3 is 0 Å². The predicted octanol–water partition coefficient (Wildman–Crippen LogP) is 5.07. The fourth-order valence-corrected chi connectivity index (χ4v) is 6.13. The Kier molecular flexibility index (Phi) is 11.5. The molecule has 4 rings (SSSR count). The summed E-state index contributed by atoms with van der Waals surface area (Å²) >= 11 is 6.50. The van der Waals surface area contributed by atoms with E-state index >= 15 is 0 Å². The molecule has 1 aliphatic heterocycles. The van der Waals surface area contributed by atoms with E-state index in [0.29, 0.717) is 54.0 Å². The van der Waals surface area contributed by atoms with Gasteiger partial charge in [0.05, 0.1) is 11.9 Å². The van der Waals surface area contributed by atoms with Crippen molar-refractivity contribution in [1.29, 1.82) is 0 Å². The molecular weight excluding hydrogens is 602 g/mol. The smallest absolute Gasteiger partial charge is 0.243 e. The number of nitrogens with one attached hydrogen (secondary N) is 1. The van der Waals surface area contributed by atoms with Gasteiger partial charge in [0.2, 0.25) is 21.8 Å². The van der Waals surface area contributed by atoms with E-state index in [1.165, 1.54) is 4.31 Å². The number of carbonyl (C=O) groups is 2. The topological polar surface area (TPSA) is 105 Å². The predicted molar refractivity (Wildman–Crippen MR) is 173 cm³/mol. The molecule has 0 aromatic heterocycles. The number of ether oxygens (including phenoxy) is 2. The number of rotatable bonds is 14. The molecular formula is C33H40ClN3O6S. The Bertz CT molecular complexity index is 1530. The van der Waals surface area contributed by atoms with E-state index in [9.17, 15) is 18.0 Å². The second-order valence-electron chi connectivity index (χ2n) is 11.2. The first-order valence-corrected chi connectivity index (χ1v) is 17.0. The van der Waals surface area contributed by atoms with Gasteiger partial charge in [-0.3, -0.25) is 13.9 Å². The highest BCUT2D eigenvalue weighted by molar-refractivity contribution is 7.92. The Morgan fingerprint density at radius 2 is 1.64 bits per heavy atom. The summed E-state index contributed by atoms with van der Waals surface area (Å²) in [7, 11) is -3.67. The van der Waals surface area contributed by atoms with Crippen molar-refractivity contribution in [2.45, 2.75) is 45.7 Å². The molecule has 0 aliphatic carbocycles. The first-order chi connectivity index (χ1) is 21.0. The first-order valence-electron chi connectivity index (χ1n) is 14.7. The van der Waals surface area contributed by atoms with E-state index in [1.807, 2.05) is 62.4 Å². The highest BCUT2D eigenvalue weighted by Crippen LogP contribution is 2.35. The minimum absolute atomic E-state index is 0.0176. The maximum atomic E-state index is 14.0. The van der Waals surface area contributed by atoms with Crippen molar-refractivity contribution in [3.8, 4) is 11.5 Å². The van der Waals surface area contributed by atoms with Gasteiger partial charge in [0, 0.05) is 43.6 Å². The lowest BCUT2D eigenvalue weighted by molar-refractivity contribution is -0.141. The minimum atomic E-state index is -3.67. The van der Waals surface area contributed by atoms with Crippen LogP contribution < -0.4 is 19.1 Å². The summed E-state index contributed by atoms with van der Waals surface area (Å²) in [4.78, 5) is 29.2. The normalized spacial score (nSPS) is 13.3. The Morgan fingerprint density at radius 3 is 2.32 bits per heavy atom. The van der Waals surface area contributed by atoms with Crippen LogP contribution in [0.15, 0.2) is 72.8 Å². The average Bonchev–Trinajstić information content (AvgIpc) is 3.00. The number of carbonyl (C=O) groups excluding carboxylic acids is 2. The van der Waals surface area contributed by atoms with E-state index in [-0.39, 0.29) is 43.7 Å². The molecule has 1 heterocycles. The standard InChI is InChI=1S/C33H40ClN3O6S/c1-24(2)22-35-33(39)29(20-25-10-5-4-6-11-25)36(23-26-12-7-8-13-28(26)34)32(38)14-9-17-37(44(3,40)41)27-15-16-30-31(21-27)43-19-18-42-30/h4-8,10-13,15-16,21,24,29H,9,14,17-20,22-23H2,1-3H3,(H,35,39)/t29-/m1/s1. The Balaban J connectivity index is 1.58. The number of amides is 2. The molecule has 3 aromatic rings. The molecule has 0 bridgehead atoms. The maximum absolute atomic E-state index is 14.0. The second kappa shape index (κ2) is 15.3. The van der Waals surface area contributed by atoms with Crippen molar-refractivity contribution in [2.24, 2.45) is 5.92 Å². The number of halogens is 1. The van der Waals surface area contributed by atoms with Crippen LogP contribution in [-0.4, -0.2) is 63.7 Å². The van der Waals surface area contributed by atoms with Crippen LogP contribution in [0.1, 0.15) is 37.8 Å². The van der Waals surface area contributed by atoms with Gasteiger partial charge in [0.1, 0.15) is 19.3 Å². The van der Waals surface area contributed by atoms with E-state index < -0.39 is 16.1 Å². The number of hydrogen-bond donors (Lipinski definition) is 1. The molecule has 0 unspecified atom stereocenters. The molecule has 1 aliphatic rings. The fraction of sp³-hybridized carbons (Fsp3) is 0.394. The van der Waals surface area contributed by atoms with Crippen LogP contribution in [0.3, 0.4) is 0 Å². The van der Waals surface area contributed by atoms with Crippen molar-refractivity contribution in [1.82, 2.24) is 10.2 Å². The molecule has 0 spiro atoms. The number of anilines is 1. The lowest BCUT2D eigenvalue weighted by atomic mass is 10.0. The van der Waals surface area contributed by atoms with Crippen LogP contribution in [0.5, 0.6) is 11.5 Å². The summed E-state index contributed by atoms with van der Waals surface area (Å²) in [6.45, 7) is 5.48. The summed E-state index contributed by atoms with van der Waals surface area (Å²) in [5, 5.41) is 3.50. The van der Waals surface area contributed by atoms with Gasteiger partial charge in [-0.1, -0.05) is 74.0 Å². The molecule has 2 amide bonds. The van der Waals surface area contributed by atoms with Gasteiger partial charge in [-0.2, -0.15) is 0 Å². The third-order valence-electron chi connectivity index (χ3n) is 7.22. The highest BCUT2D eigenvalue weighted by atomic mass is 35.5. The Morgan fingerprint density at radius 1 is 0.955 bits per heavy atom. The third kappa shape index (κ3) is 9.12. The summed E-state index contributed by atoms with van der Waals surface area (Å²) < 4.78 is 38.1.